The summed E-state index contributed by atoms with van der Waals surface area (Å²) >= 11 is 0. The molecule has 1 aromatic carbocycles. The summed E-state index contributed by atoms with van der Waals surface area (Å²) in [7, 11) is 1.60. The van der Waals surface area contributed by atoms with Gasteiger partial charge in [-0.2, -0.15) is 0 Å². The number of hydrogen-bond donors (Lipinski definition) is 2. The number of ketones is 1. The van der Waals surface area contributed by atoms with Gasteiger partial charge in [-0.05, 0) is 30.2 Å². The van der Waals surface area contributed by atoms with Crippen LogP contribution in [0.2, 0.25) is 0 Å². The van der Waals surface area contributed by atoms with Crippen molar-refractivity contribution in [3.8, 4) is 5.75 Å². The molecule has 2 N–H and O–H groups in total. The third-order valence-corrected chi connectivity index (χ3v) is 3.04. The fourth-order valence-corrected chi connectivity index (χ4v) is 1.87. The van der Waals surface area contributed by atoms with E-state index in [2.05, 4.69) is 4.98 Å². The third-order valence-electron chi connectivity index (χ3n) is 3.04. The number of carbonyl (C=O) groups is 2. The minimum Gasteiger partial charge on any atom is -0.497 e. The summed E-state index contributed by atoms with van der Waals surface area (Å²) in [6.45, 7) is 0. The van der Waals surface area contributed by atoms with Crippen LogP contribution in [0.5, 0.6) is 5.75 Å². The largest absolute Gasteiger partial charge is 0.497 e. The molecular formula is C15H15NO4. The summed E-state index contributed by atoms with van der Waals surface area (Å²) in [6.07, 6.45) is 2.37. The summed E-state index contributed by atoms with van der Waals surface area (Å²) in [5.74, 6) is -0.374. The molecule has 104 valence electrons. The molecule has 0 aliphatic rings. The number of methoxy groups -OCH3 is 1. The molecule has 0 spiro atoms. The smallest absolute Gasteiger partial charge is 0.352 e. The lowest BCUT2D eigenvalue weighted by Gasteiger charge is -2.02. The van der Waals surface area contributed by atoms with Crippen molar-refractivity contribution in [1.82, 2.24) is 4.98 Å². The van der Waals surface area contributed by atoms with Crippen LogP contribution in [0.25, 0.3) is 0 Å². The Morgan fingerprint density at radius 3 is 2.50 bits per heavy atom. The Kier molecular flexibility index (Phi) is 4.20. The monoisotopic (exact) mass is 273 g/mol. The van der Waals surface area contributed by atoms with Crippen molar-refractivity contribution in [2.75, 3.05) is 7.11 Å². The Balaban J connectivity index is 1.95. The normalized spacial score (nSPS) is 10.2. The maximum absolute atomic E-state index is 11.9. The highest BCUT2D eigenvalue weighted by Crippen LogP contribution is 2.14. The number of hydrogen-bond acceptors (Lipinski definition) is 3. The van der Waals surface area contributed by atoms with E-state index in [9.17, 15) is 9.59 Å². The van der Waals surface area contributed by atoms with Crippen molar-refractivity contribution < 1.29 is 19.4 Å². The van der Waals surface area contributed by atoms with Crippen LogP contribution in [-0.4, -0.2) is 29.0 Å². The predicted octanol–water partition coefficient (Wildman–Crippen LogP) is 2.54. The van der Waals surface area contributed by atoms with Crippen molar-refractivity contribution in [3.05, 3.63) is 53.3 Å². The van der Waals surface area contributed by atoms with Gasteiger partial charge >= 0.3 is 5.97 Å². The molecule has 5 nitrogen and oxygen atoms in total. The van der Waals surface area contributed by atoms with Crippen LogP contribution in [-0.2, 0) is 6.42 Å². The first-order chi connectivity index (χ1) is 9.60. The van der Waals surface area contributed by atoms with Gasteiger partial charge in [0.1, 0.15) is 11.4 Å². The summed E-state index contributed by atoms with van der Waals surface area (Å²) in [5.41, 5.74) is 1.46. The summed E-state index contributed by atoms with van der Waals surface area (Å²) in [6, 6.07) is 8.87. The number of aryl methyl sites for hydroxylation is 1. The number of rotatable bonds is 6. The number of Topliss-reactive ketones (excluding diaryl/α,β-unsaturated/α-hetero) is 1. The first-order valence-electron chi connectivity index (χ1n) is 6.18. The quantitative estimate of drug-likeness (QED) is 0.793. The maximum atomic E-state index is 11.9. The van der Waals surface area contributed by atoms with Crippen molar-refractivity contribution >= 4 is 11.8 Å². The molecule has 0 bridgehead atoms. The Hall–Kier alpha value is -2.56. The van der Waals surface area contributed by atoms with Crippen LogP contribution in [0.15, 0.2) is 36.5 Å². The zero-order valence-electron chi connectivity index (χ0n) is 11.1. The van der Waals surface area contributed by atoms with Crippen molar-refractivity contribution in [2.45, 2.75) is 12.8 Å². The Labute approximate surface area is 116 Å². The summed E-state index contributed by atoms with van der Waals surface area (Å²) < 4.78 is 5.06. The van der Waals surface area contributed by atoms with Gasteiger partial charge in [-0.1, -0.05) is 12.1 Å². The molecule has 0 saturated carbocycles. The molecule has 0 atom stereocenters. The maximum Gasteiger partial charge on any atom is 0.352 e. The molecule has 0 saturated heterocycles. The van der Waals surface area contributed by atoms with Gasteiger partial charge in [0.2, 0.25) is 0 Å². The lowest BCUT2D eigenvalue weighted by atomic mass is 10.0. The minimum atomic E-state index is -1.07. The Morgan fingerprint density at radius 2 is 1.95 bits per heavy atom. The van der Waals surface area contributed by atoms with Crippen LogP contribution < -0.4 is 4.74 Å². The number of aromatic amines is 1. The van der Waals surface area contributed by atoms with Gasteiger partial charge in [-0.15, -0.1) is 0 Å². The zero-order chi connectivity index (χ0) is 14.5. The van der Waals surface area contributed by atoms with Crippen LogP contribution in [0, 0.1) is 0 Å². The van der Waals surface area contributed by atoms with E-state index in [0.29, 0.717) is 18.4 Å². The van der Waals surface area contributed by atoms with E-state index in [-0.39, 0.29) is 11.5 Å². The number of nitrogens with one attached hydrogen (secondary N) is 1. The standard InChI is InChI=1S/C15H15NO4/c1-20-12-5-2-10(3-6-12)4-7-14(17)11-8-13(15(18)19)16-9-11/h2-3,5-6,8-9,16H,4,7H2,1H3,(H,18,19). The first-order valence-corrected chi connectivity index (χ1v) is 6.18. The van der Waals surface area contributed by atoms with Crippen LogP contribution in [0.4, 0.5) is 0 Å². The molecule has 0 unspecified atom stereocenters. The summed E-state index contributed by atoms with van der Waals surface area (Å²) in [5, 5.41) is 8.78. The highest BCUT2D eigenvalue weighted by molar-refractivity contribution is 5.98. The second-order valence-corrected chi connectivity index (χ2v) is 4.38. The number of H-pyrrole nitrogens is 1. The van der Waals surface area contributed by atoms with Gasteiger partial charge in [0.25, 0.3) is 0 Å². The second-order valence-electron chi connectivity index (χ2n) is 4.38. The average Bonchev–Trinajstić information content (AvgIpc) is 2.95. The number of aromatic carboxylic acids is 1. The van der Waals surface area contributed by atoms with E-state index in [4.69, 9.17) is 9.84 Å². The third kappa shape index (κ3) is 3.26. The molecule has 2 aromatic rings. The fourth-order valence-electron chi connectivity index (χ4n) is 1.87. The van der Waals surface area contributed by atoms with Gasteiger partial charge in [0.15, 0.2) is 5.78 Å². The van der Waals surface area contributed by atoms with Gasteiger partial charge in [0, 0.05) is 18.2 Å². The molecule has 1 aromatic heterocycles. The van der Waals surface area contributed by atoms with Crippen molar-refractivity contribution in [1.29, 1.82) is 0 Å². The number of carbonyl (C=O) groups excluding carboxylic acids is 1. The second kappa shape index (κ2) is 6.06. The molecule has 0 amide bonds. The zero-order valence-corrected chi connectivity index (χ0v) is 11.1. The molecule has 20 heavy (non-hydrogen) atoms. The molecule has 0 fully saturated rings. The van der Waals surface area contributed by atoms with Gasteiger partial charge < -0.3 is 14.8 Å². The number of aromatic nitrogens is 1. The highest BCUT2D eigenvalue weighted by Gasteiger charge is 2.12. The first kappa shape index (κ1) is 13.9. The van der Waals surface area contributed by atoms with Crippen molar-refractivity contribution in [3.63, 3.8) is 0 Å². The van der Waals surface area contributed by atoms with E-state index in [1.807, 2.05) is 24.3 Å². The van der Waals surface area contributed by atoms with Crippen LogP contribution in [0.1, 0.15) is 32.8 Å². The Morgan fingerprint density at radius 1 is 1.25 bits per heavy atom. The molecule has 2 rings (SSSR count). The number of carboxylic acid groups (broad SMARTS) is 1. The number of carboxylic acids is 1. The predicted molar refractivity (Wildman–Crippen MR) is 73.4 cm³/mol. The molecule has 1 heterocycles. The van der Waals surface area contributed by atoms with E-state index >= 15 is 0 Å². The van der Waals surface area contributed by atoms with E-state index < -0.39 is 5.97 Å². The number of benzene rings is 1. The molecule has 0 aliphatic heterocycles. The highest BCUT2D eigenvalue weighted by atomic mass is 16.5. The summed E-state index contributed by atoms with van der Waals surface area (Å²) in [4.78, 5) is 25.2. The topological polar surface area (TPSA) is 79.4 Å². The van der Waals surface area contributed by atoms with Gasteiger partial charge in [0.05, 0.1) is 7.11 Å². The van der Waals surface area contributed by atoms with Gasteiger partial charge in [-0.25, -0.2) is 4.79 Å². The lowest BCUT2D eigenvalue weighted by Crippen LogP contribution is -2.00. The van der Waals surface area contributed by atoms with Crippen molar-refractivity contribution in [2.24, 2.45) is 0 Å². The van der Waals surface area contributed by atoms with Crippen LogP contribution >= 0.6 is 0 Å². The van der Waals surface area contributed by atoms with E-state index in [1.165, 1.54) is 12.3 Å². The van der Waals surface area contributed by atoms with E-state index in [0.717, 1.165) is 11.3 Å². The molecule has 5 heteroatoms. The van der Waals surface area contributed by atoms with Gasteiger partial charge in [-0.3, -0.25) is 4.79 Å². The minimum absolute atomic E-state index is 0.0257. The Bertz CT molecular complexity index is 613. The number of ether oxygens (including phenoxy) is 1. The average molecular weight is 273 g/mol. The lowest BCUT2D eigenvalue weighted by molar-refractivity contribution is 0.0691. The molecular weight excluding hydrogens is 258 g/mol. The molecule has 0 aliphatic carbocycles. The van der Waals surface area contributed by atoms with E-state index in [1.54, 1.807) is 7.11 Å². The molecule has 0 radical (unpaired) electrons. The SMILES string of the molecule is COc1ccc(CCC(=O)c2c[nH]c(C(=O)O)c2)cc1. The fraction of sp³-hybridized carbons (Fsp3) is 0.200. The van der Waals surface area contributed by atoms with Crippen LogP contribution in [0.3, 0.4) is 0 Å².